The van der Waals surface area contributed by atoms with Gasteiger partial charge in [-0.15, -0.1) is 0 Å². The Balaban J connectivity index is 1.64. The van der Waals surface area contributed by atoms with Crippen LogP contribution in [0.2, 0.25) is 0 Å². The molecule has 29 heavy (non-hydrogen) atoms. The first-order chi connectivity index (χ1) is 13.9. The van der Waals surface area contributed by atoms with Crippen LogP contribution in [0.1, 0.15) is 36.2 Å². The summed E-state index contributed by atoms with van der Waals surface area (Å²) in [6.45, 7) is 3.54. The molecule has 1 aliphatic heterocycles. The van der Waals surface area contributed by atoms with E-state index in [9.17, 15) is 14.4 Å². The van der Waals surface area contributed by atoms with Crippen LogP contribution in [-0.4, -0.2) is 37.9 Å². The Morgan fingerprint density at radius 2 is 1.86 bits per heavy atom. The number of nitrogens with one attached hydrogen (secondary N) is 1. The van der Waals surface area contributed by atoms with E-state index in [4.69, 9.17) is 9.47 Å². The zero-order valence-electron chi connectivity index (χ0n) is 16.8. The van der Waals surface area contributed by atoms with Gasteiger partial charge in [0.05, 0.1) is 7.11 Å². The summed E-state index contributed by atoms with van der Waals surface area (Å²) >= 11 is 0. The van der Waals surface area contributed by atoms with Gasteiger partial charge in [0.1, 0.15) is 0 Å². The third-order valence-electron chi connectivity index (χ3n) is 4.79. The van der Waals surface area contributed by atoms with Gasteiger partial charge in [0.25, 0.3) is 5.91 Å². The van der Waals surface area contributed by atoms with E-state index in [2.05, 4.69) is 5.32 Å². The fraction of sp³-hybridized carbons (Fsp3) is 0.318. The molecule has 0 saturated carbocycles. The van der Waals surface area contributed by atoms with Crippen LogP contribution in [0.15, 0.2) is 36.4 Å². The second-order valence-corrected chi connectivity index (χ2v) is 6.88. The number of hydrogen-bond acceptors (Lipinski definition) is 5. The van der Waals surface area contributed by atoms with Gasteiger partial charge >= 0.3 is 0 Å². The van der Waals surface area contributed by atoms with Gasteiger partial charge in [-0.3, -0.25) is 14.4 Å². The van der Waals surface area contributed by atoms with Crippen LogP contribution in [0.5, 0.6) is 11.5 Å². The molecule has 7 nitrogen and oxygen atoms in total. The molecule has 0 radical (unpaired) electrons. The summed E-state index contributed by atoms with van der Waals surface area (Å²) in [6.07, 6.45) is 1.75. The number of anilines is 2. The summed E-state index contributed by atoms with van der Waals surface area (Å²) in [6, 6.07) is 10.3. The van der Waals surface area contributed by atoms with Crippen LogP contribution in [0.25, 0.3) is 0 Å². The summed E-state index contributed by atoms with van der Waals surface area (Å²) in [5, 5.41) is 2.81. The second-order valence-electron chi connectivity index (χ2n) is 6.88. The number of aryl methyl sites for hydroxylation is 1. The molecule has 0 aromatic heterocycles. The lowest BCUT2D eigenvalue weighted by Gasteiger charge is -2.29. The van der Waals surface area contributed by atoms with Crippen molar-refractivity contribution >= 4 is 29.0 Å². The van der Waals surface area contributed by atoms with Crippen LogP contribution in [0.3, 0.4) is 0 Å². The van der Waals surface area contributed by atoms with Crippen LogP contribution in [0.4, 0.5) is 11.4 Å². The molecule has 1 heterocycles. The molecule has 0 bridgehead atoms. The molecule has 7 heteroatoms. The lowest BCUT2D eigenvalue weighted by Crippen LogP contribution is -2.33. The largest absolute Gasteiger partial charge is 0.493 e. The van der Waals surface area contributed by atoms with Gasteiger partial charge in [0.2, 0.25) is 5.91 Å². The van der Waals surface area contributed by atoms with E-state index in [-0.39, 0.29) is 24.2 Å². The minimum Gasteiger partial charge on any atom is -0.493 e. The van der Waals surface area contributed by atoms with Crippen molar-refractivity contribution in [2.75, 3.05) is 30.5 Å². The van der Waals surface area contributed by atoms with Crippen molar-refractivity contribution in [3.63, 3.8) is 0 Å². The molecule has 0 unspecified atom stereocenters. The second kappa shape index (κ2) is 8.77. The van der Waals surface area contributed by atoms with Crippen LogP contribution < -0.4 is 19.7 Å². The molecule has 0 fully saturated rings. The van der Waals surface area contributed by atoms with E-state index in [1.807, 2.05) is 12.1 Å². The van der Waals surface area contributed by atoms with Gasteiger partial charge in [-0.25, -0.2) is 0 Å². The summed E-state index contributed by atoms with van der Waals surface area (Å²) < 4.78 is 10.8. The summed E-state index contributed by atoms with van der Waals surface area (Å²) in [4.78, 5) is 37.3. The Bertz CT molecular complexity index is 954. The molecule has 0 spiro atoms. The van der Waals surface area contributed by atoms with E-state index in [0.717, 1.165) is 24.1 Å². The maximum absolute atomic E-state index is 12.3. The van der Waals surface area contributed by atoms with Crippen LogP contribution in [-0.2, 0) is 16.0 Å². The fourth-order valence-corrected chi connectivity index (χ4v) is 3.35. The van der Waals surface area contributed by atoms with E-state index in [1.54, 1.807) is 36.1 Å². The topological polar surface area (TPSA) is 84.9 Å². The zero-order chi connectivity index (χ0) is 21.0. The molecule has 152 valence electrons. The third kappa shape index (κ3) is 4.74. The summed E-state index contributed by atoms with van der Waals surface area (Å²) in [7, 11) is 1.48. The lowest BCUT2D eigenvalue weighted by molar-refractivity contribution is -0.118. The average molecular weight is 396 g/mol. The first kappa shape index (κ1) is 20.4. The van der Waals surface area contributed by atoms with Gasteiger partial charge < -0.3 is 19.7 Å². The number of hydrogen-bond donors (Lipinski definition) is 1. The Morgan fingerprint density at radius 3 is 2.55 bits per heavy atom. The Hall–Kier alpha value is -3.35. The van der Waals surface area contributed by atoms with Crippen molar-refractivity contribution in [2.24, 2.45) is 0 Å². The van der Waals surface area contributed by atoms with Crippen molar-refractivity contribution < 1.29 is 23.9 Å². The Labute approximate surface area is 169 Å². The number of carbonyl (C=O) groups excluding carboxylic acids is 3. The highest BCUT2D eigenvalue weighted by Crippen LogP contribution is 2.30. The monoisotopic (exact) mass is 396 g/mol. The number of benzene rings is 2. The third-order valence-corrected chi connectivity index (χ3v) is 4.79. The Morgan fingerprint density at radius 1 is 1.07 bits per heavy atom. The van der Waals surface area contributed by atoms with Crippen molar-refractivity contribution in [1.82, 2.24) is 0 Å². The first-order valence-corrected chi connectivity index (χ1v) is 9.41. The molecule has 3 rings (SSSR count). The number of ether oxygens (including phenoxy) is 2. The maximum atomic E-state index is 12.3. The fourth-order valence-electron chi connectivity index (χ4n) is 3.35. The molecule has 2 aromatic carbocycles. The predicted molar refractivity (Wildman–Crippen MR) is 110 cm³/mol. The number of amides is 2. The van der Waals surface area contributed by atoms with Crippen LogP contribution >= 0.6 is 0 Å². The van der Waals surface area contributed by atoms with Crippen molar-refractivity contribution in [3.8, 4) is 11.5 Å². The highest BCUT2D eigenvalue weighted by Gasteiger charge is 2.20. The SMILES string of the molecule is COc1cc(C(C)=O)ccc1OCC(=O)Nc1ccc2c(c1)CCCN2C(C)=O. The summed E-state index contributed by atoms with van der Waals surface area (Å²) in [5.41, 5.74) is 3.09. The normalized spacial score (nSPS) is 12.7. The van der Waals surface area contributed by atoms with Gasteiger partial charge in [0.15, 0.2) is 23.9 Å². The minimum atomic E-state index is -0.318. The van der Waals surface area contributed by atoms with Gasteiger partial charge in [-0.05, 0) is 61.7 Å². The van der Waals surface area contributed by atoms with Gasteiger partial charge in [-0.1, -0.05) is 0 Å². The van der Waals surface area contributed by atoms with Gasteiger partial charge in [-0.2, -0.15) is 0 Å². The standard InChI is InChI=1S/C22H24N2O5/c1-14(25)16-6-9-20(21(12-16)28-3)29-13-22(27)23-18-7-8-19-17(11-18)5-4-10-24(19)15(2)26/h6-9,11-12H,4-5,10,13H2,1-3H3,(H,23,27). The quantitative estimate of drug-likeness (QED) is 0.758. The van der Waals surface area contributed by atoms with E-state index >= 15 is 0 Å². The molecule has 0 saturated heterocycles. The number of methoxy groups -OCH3 is 1. The minimum absolute atomic E-state index is 0.0147. The van der Waals surface area contributed by atoms with Crippen molar-refractivity contribution in [2.45, 2.75) is 26.7 Å². The Kier molecular flexibility index (Phi) is 6.16. The number of rotatable bonds is 6. The molecule has 0 atom stereocenters. The van der Waals surface area contributed by atoms with E-state index in [1.165, 1.54) is 14.0 Å². The molecule has 2 aromatic rings. The molecule has 0 aliphatic carbocycles. The van der Waals surface area contributed by atoms with Crippen LogP contribution in [0, 0.1) is 0 Å². The number of carbonyl (C=O) groups is 3. The number of ketones is 1. The van der Waals surface area contributed by atoms with Crippen molar-refractivity contribution in [3.05, 3.63) is 47.5 Å². The number of fused-ring (bicyclic) bond motifs is 1. The highest BCUT2D eigenvalue weighted by molar-refractivity contribution is 5.96. The lowest BCUT2D eigenvalue weighted by atomic mass is 10.0. The average Bonchev–Trinajstić information content (AvgIpc) is 2.71. The number of nitrogens with zero attached hydrogens (tertiary/aromatic N) is 1. The predicted octanol–water partition coefficient (Wildman–Crippen LogP) is 3.21. The molecular weight excluding hydrogens is 372 g/mol. The molecule has 2 amide bonds. The molecule has 1 aliphatic rings. The highest BCUT2D eigenvalue weighted by atomic mass is 16.5. The van der Waals surface area contributed by atoms with Gasteiger partial charge in [0, 0.05) is 30.4 Å². The maximum Gasteiger partial charge on any atom is 0.262 e. The van der Waals surface area contributed by atoms with Crippen molar-refractivity contribution in [1.29, 1.82) is 0 Å². The smallest absolute Gasteiger partial charge is 0.262 e. The first-order valence-electron chi connectivity index (χ1n) is 9.41. The molecular formula is C22H24N2O5. The molecule has 1 N–H and O–H groups in total. The number of Topliss-reactive ketones (excluding diaryl/α,β-unsaturated/α-hetero) is 1. The summed E-state index contributed by atoms with van der Waals surface area (Å²) in [5.74, 6) is 0.393. The zero-order valence-corrected chi connectivity index (χ0v) is 16.8. The van der Waals surface area contributed by atoms with E-state index in [0.29, 0.717) is 29.3 Å². The van der Waals surface area contributed by atoms with E-state index < -0.39 is 0 Å².